The molecule has 0 aliphatic heterocycles. The third kappa shape index (κ3) is 3.65. The highest BCUT2D eigenvalue weighted by atomic mass is 16.4. The Morgan fingerprint density at radius 2 is 2.19 bits per heavy atom. The van der Waals surface area contributed by atoms with Gasteiger partial charge in [-0.05, 0) is 29.9 Å². The third-order valence-electron chi connectivity index (χ3n) is 2.79. The van der Waals surface area contributed by atoms with Gasteiger partial charge >= 0.3 is 5.97 Å². The van der Waals surface area contributed by atoms with Crippen LogP contribution in [-0.4, -0.2) is 16.1 Å². The zero-order valence-electron chi connectivity index (χ0n) is 10.1. The van der Waals surface area contributed by atoms with E-state index in [0.717, 1.165) is 12.0 Å². The highest BCUT2D eigenvalue weighted by Gasteiger charge is 2.30. The molecular formula is C13H19NO2. The molecule has 1 aromatic rings. The minimum Gasteiger partial charge on any atom is -0.481 e. The van der Waals surface area contributed by atoms with Crippen molar-refractivity contribution in [1.82, 2.24) is 4.98 Å². The van der Waals surface area contributed by atoms with Gasteiger partial charge in [0.15, 0.2) is 0 Å². The topological polar surface area (TPSA) is 50.2 Å². The van der Waals surface area contributed by atoms with Crippen molar-refractivity contribution in [2.45, 2.75) is 33.6 Å². The lowest BCUT2D eigenvalue weighted by Gasteiger charge is -2.26. The molecule has 1 N–H and O–H groups in total. The van der Waals surface area contributed by atoms with Crippen LogP contribution in [0.3, 0.4) is 0 Å². The van der Waals surface area contributed by atoms with Crippen molar-refractivity contribution in [2.24, 2.45) is 11.3 Å². The van der Waals surface area contributed by atoms with E-state index in [2.05, 4.69) is 4.98 Å². The first-order chi connectivity index (χ1) is 7.41. The van der Waals surface area contributed by atoms with Crippen LogP contribution in [0.4, 0.5) is 0 Å². The summed E-state index contributed by atoms with van der Waals surface area (Å²) in [4.78, 5) is 15.2. The van der Waals surface area contributed by atoms with Crippen molar-refractivity contribution in [3.8, 4) is 0 Å². The summed E-state index contributed by atoms with van der Waals surface area (Å²) in [7, 11) is 0. The van der Waals surface area contributed by atoms with Crippen LogP contribution in [0.1, 0.15) is 32.8 Å². The number of aliphatic carboxylic acids is 1. The average molecular weight is 221 g/mol. The van der Waals surface area contributed by atoms with Crippen LogP contribution >= 0.6 is 0 Å². The number of rotatable bonds is 4. The van der Waals surface area contributed by atoms with Gasteiger partial charge in [0.2, 0.25) is 0 Å². The van der Waals surface area contributed by atoms with E-state index in [-0.39, 0.29) is 11.3 Å². The van der Waals surface area contributed by atoms with Gasteiger partial charge in [0, 0.05) is 12.4 Å². The number of nitrogens with zero attached hydrogens (tertiary/aromatic N) is 1. The molecule has 0 amide bonds. The van der Waals surface area contributed by atoms with Gasteiger partial charge in [-0.25, -0.2) is 0 Å². The van der Waals surface area contributed by atoms with Gasteiger partial charge in [-0.1, -0.05) is 26.8 Å². The van der Waals surface area contributed by atoms with E-state index >= 15 is 0 Å². The molecule has 3 heteroatoms. The van der Waals surface area contributed by atoms with Crippen LogP contribution in [-0.2, 0) is 11.2 Å². The second kappa shape index (κ2) is 5.10. The molecule has 1 unspecified atom stereocenters. The summed E-state index contributed by atoms with van der Waals surface area (Å²) in [5, 5.41) is 9.17. The Hall–Kier alpha value is -1.38. The third-order valence-corrected chi connectivity index (χ3v) is 2.79. The maximum atomic E-state index is 11.2. The number of aryl methyl sites for hydroxylation is 1. The van der Waals surface area contributed by atoms with Crippen molar-refractivity contribution >= 4 is 5.97 Å². The van der Waals surface area contributed by atoms with E-state index in [9.17, 15) is 9.90 Å². The van der Waals surface area contributed by atoms with Crippen LogP contribution in [0.2, 0.25) is 0 Å². The summed E-state index contributed by atoms with van der Waals surface area (Å²) in [6.07, 6.45) is 4.94. The lowest BCUT2D eigenvalue weighted by Crippen LogP contribution is -2.28. The maximum Gasteiger partial charge on any atom is 0.307 e. The fraction of sp³-hybridized carbons (Fsp3) is 0.538. The van der Waals surface area contributed by atoms with E-state index in [1.54, 1.807) is 12.4 Å². The molecule has 1 atom stereocenters. The molecule has 88 valence electrons. The summed E-state index contributed by atoms with van der Waals surface area (Å²) in [5.41, 5.74) is 0.895. The second-order valence-corrected chi connectivity index (χ2v) is 5.16. The van der Waals surface area contributed by atoms with Gasteiger partial charge < -0.3 is 5.11 Å². The highest BCUT2D eigenvalue weighted by molar-refractivity contribution is 5.70. The van der Waals surface area contributed by atoms with Gasteiger partial charge in [0.05, 0.1) is 5.92 Å². The Labute approximate surface area is 96.5 Å². The molecule has 0 spiro atoms. The molecule has 1 heterocycles. The molecular weight excluding hydrogens is 202 g/mol. The van der Waals surface area contributed by atoms with Gasteiger partial charge in [0.1, 0.15) is 0 Å². The summed E-state index contributed by atoms with van der Waals surface area (Å²) in [6, 6.07) is 3.86. The Morgan fingerprint density at radius 1 is 1.50 bits per heavy atom. The molecule has 0 saturated carbocycles. The van der Waals surface area contributed by atoms with E-state index in [0.29, 0.717) is 6.42 Å². The number of aromatic nitrogens is 1. The summed E-state index contributed by atoms with van der Waals surface area (Å²) in [5.74, 6) is -1.02. The summed E-state index contributed by atoms with van der Waals surface area (Å²) >= 11 is 0. The lowest BCUT2D eigenvalue weighted by atomic mass is 9.77. The molecule has 16 heavy (non-hydrogen) atoms. The van der Waals surface area contributed by atoms with E-state index in [1.165, 1.54) is 0 Å². The van der Waals surface area contributed by atoms with Crippen molar-refractivity contribution in [3.63, 3.8) is 0 Å². The highest BCUT2D eigenvalue weighted by Crippen LogP contribution is 2.29. The van der Waals surface area contributed by atoms with Crippen molar-refractivity contribution in [3.05, 3.63) is 30.1 Å². The fourth-order valence-corrected chi connectivity index (χ4v) is 1.78. The van der Waals surface area contributed by atoms with Crippen molar-refractivity contribution in [2.75, 3.05) is 0 Å². The van der Waals surface area contributed by atoms with E-state index in [1.807, 2.05) is 32.9 Å². The predicted octanol–water partition coefficient (Wildman–Crippen LogP) is 2.76. The predicted molar refractivity (Wildman–Crippen MR) is 63.1 cm³/mol. The molecule has 0 saturated heterocycles. The zero-order valence-corrected chi connectivity index (χ0v) is 10.1. The SMILES string of the molecule is CC(C)(C)C(CCc1cccnc1)C(=O)O. The monoisotopic (exact) mass is 221 g/mol. The van der Waals surface area contributed by atoms with Crippen LogP contribution < -0.4 is 0 Å². The van der Waals surface area contributed by atoms with Crippen molar-refractivity contribution in [1.29, 1.82) is 0 Å². The number of hydrogen-bond acceptors (Lipinski definition) is 2. The van der Waals surface area contributed by atoms with Gasteiger partial charge in [0.25, 0.3) is 0 Å². The van der Waals surface area contributed by atoms with Crippen LogP contribution in [0.5, 0.6) is 0 Å². The summed E-state index contributed by atoms with van der Waals surface area (Å²) in [6.45, 7) is 5.90. The molecule has 1 aromatic heterocycles. The minimum atomic E-state index is -0.712. The van der Waals surface area contributed by atoms with Crippen LogP contribution in [0, 0.1) is 11.3 Å². The smallest absolute Gasteiger partial charge is 0.307 e. The largest absolute Gasteiger partial charge is 0.481 e. The first-order valence-corrected chi connectivity index (χ1v) is 5.53. The molecule has 0 aromatic carbocycles. The normalized spacial score (nSPS) is 13.4. The standard InChI is InChI=1S/C13H19NO2/c1-13(2,3)11(12(15)16)7-6-10-5-4-8-14-9-10/h4-5,8-9,11H,6-7H2,1-3H3,(H,15,16). The average Bonchev–Trinajstić information content (AvgIpc) is 2.17. The van der Waals surface area contributed by atoms with E-state index < -0.39 is 5.97 Å². The molecule has 0 aliphatic carbocycles. The van der Waals surface area contributed by atoms with Gasteiger partial charge in [-0.3, -0.25) is 9.78 Å². The maximum absolute atomic E-state index is 11.2. The number of carboxylic acid groups (broad SMARTS) is 1. The van der Waals surface area contributed by atoms with E-state index in [4.69, 9.17) is 0 Å². The van der Waals surface area contributed by atoms with Crippen LogP contribution in [0.25, 0.3) is 0 Å². The number of carbonyl (C=O) groups is 1. The number of carboxylic acids is 1. The Bertz CT molecular complexity index is 341. The molecule has 3 nitrogen and oxygen atoms in total. The lowest BCUT2D eigenvalue weighted by molar-refractivity contribution is -0.145. The molecule has 1 rings (SSSR count). The fourth-order valence-electron chi connectivity index (χ4n) is 1.78. The Kier molecular flexibility index (Phi) is 4.05. The first kappa shape index (κ1) is 12.7. The molecule has 0 radical (unpaired) electrons. The minimum absolute atomic E-state index is 0.200. The van der Waals surface area contributed by atoms with Crippen molar-refractivity contribution < 1.29 is 9.90 Å². The summed E-state index contributed by atoms with van der Waals surface area (Å²) < 4.78 is 0. The Balaban J connectivity index is 2.62. The number of pyridine rings is 1. The number of hydrogen-bond donors (Lipinski definition) is 1. The molecule has 0 bridgehead atoms. The van der Waals surface area contributed by atoms with Gasteiger partial charge in [-0.2, -0.15) is 0 Å². The zero-order chi connectivity index (χ0) is 12.2. The molecule has 0 fully saturated rings. The van der Waals surface area contributed by atoms with Gasteiger partial charge in [-0.15, -0.1) is 0 Å². The Morgan fingerprint density at radius 3 is 2.62 bits per heavy atom. The second-order valence-electron chi connectivity index (χ2n) is 5.16. The first-order valence-electron chi connectivity index (χ1n) is 5.53. The van der Waals surface area contributed by atoms with Crippen LogP contribution in [0.15, 0.2) is 24.5 Å². The quantitative estimate of drug-likeness (QED) is 0.850. The molecule has 0 aliphatic rings.